The van der Waals surface area contributed by atoms with Gasteiger partial charge in [-0.3, -0.25) is 4.79 Å². The number of carbonyl (C=O) groups is 1. The molecule has 0 fully saturated rings. The highest BCUT2D eigenvalue weighted by Gasteiger charge is 2.15. The lowest BCUT2D eigenvalue weighted by molar-refractivity contribution is 0.0946. The quantitative estimate of drug-likeness (QED) is 0.849. The van der Waals surface area contributed by atoms with Gasteiger partial charge in [-0.2, -0.15) is 0 Å². The third-order valence-corrected chi connectivity index (χ3v) is 3.12. The van der Waals surface area contributed by atoms with E-state index in [0.29, 0.717) is 18.9 Å². The molecule has 1 aromatic carbocycles. The number of carbonyl (C=O) groups excluding carboxylic acids is 1. The van der Waals surface area contributed by atoms with Gasteiger partial charge in [-0.1, -0.05) is 19.1 Å². The van der Waals surface area contributed by atoms with Crippen LogP contribution >= 0.6 is 0 Å². The number of nitrogens with zero attached hydrogens (tertiary/aromatic N) is 1. The van der Waals surface area contributed by atoms with E-state index in [1.165, 1.54) is 6.26 Å². The summed E-state index contributed by atoms with van der Waals surface area (Å²) in [5.41, 5.74) is 7.01. The normalized spacial score (nSPS) is 12.0. The molecule has 0 bridgehead atoms. The van der Waals surface area contributed by atoms with E-state index in [9.17, 15) is 4.79 Å². The largest absolute Gasteiger partial charge is 0.497 e. The molecule has 0 saturated carbocycles. The summed E-state index contributed by atoms with van der Waals surface area (Å²) in [5, 5.41) is 2.78. The molecule has 0 spiro atoms. The number of hydrogen-bond donors (Lipinski definition) is 2. The standard InChI is InChI=1S/C15H19N3O3/c1-3-12(16)15-18-13(9-21-15)14(19)17-8-10-4-6-11(20-2)7-5-10/h4-7,9,12H,3,8,16H2,1-2H3,(H,17,19). The lowest BCUT2D eigenvalue weighted by atomic mass is 10.2. The van der Waals surface area contributed by atoms with Crippen molar-refractivity contribution in [2.75, 3.05) is 7.11 Å². The lowest BCUT2D eigenvalue weighted by Crippen LogP contribution is -2.23. The monoisotopic (exact) mass is 289 g/mol. The fraction of sp³-hybridized carbons (Fsp3) is 0.333. The molecular formula is C15H19N3O3. The number of nitrogens with two attached hydrogens (primary N) is 1. The Hall–Kier alpha value is -2.34. The average Bonchev–Trinajstić information content (AvgIpc) is 3.02. The number of rotatable bonds is 6. The van der Waals surface area contributed by atoms with Crippen LogP contribution in [0.4, 0.5) is 0 Å². The Bertz CT molecular complexity index is 592. The fourth-order valence-electron chi connectivity index (χ4n) is 1.75. The molecule has 6 nitrogen and oxygen atoms in total. The van der Waals surface area contributed by atoms with Gasteiger partial charge in [-0.15, -0.1) is 0 Å². The van der Waals surface area contributed by atoms with E-state index in [-0.39, 0.29) is 17.6 Å². The van der Waals surface area contributed by atoms with E-state index in [1.807, 2.05) is 31.2 Å². The predicted octanol–water partition coefficient (Wildman–Crippen LogP) is 2.02. The Kier molecular flexibility index (Phi) is 4.94. The van der Waals surface area contributed by atoms with Gasteiger partial charge in [-0.05, 0) is 24.1 Å². The summed E-state index contributed by atoms with van der Waals surface area (Å²) in [5.74, 6) is 0.871. The van der Waals surface area contributed by atoms with E-state index in [4.69, 9.17) is 14.9 Å². The zero-order chi connectivity index (χ0) is 15.2. The van der Waals surface area contributed by atoms with Crippen LogP contribution in [-0.4, -0.2) is 18.0 Å². The molecule has 0 radical (unpaired) electrons. The van der Waals surface area contributed by atoms with Crippen molar-refractivity contribution in [3.8, 4) is 5.75 Å². The van der Waals surface area contributed by atoms with Crippen molar-refractivity contribution in [2.45, 2.75) is 25.9 Å². The molecule has 0 aliphatic heterocycles. The van der Waals surface area contributed by atoms with E-state index in [1.54, 1.807) is 7.11 Å². The molecule has 112 valence electrons. The third-order valence-electron chi connectivity index (χ3n) is 3.12. The molecule has 0 aliphatic carbocycles. The summed E-state index contributed by atoms with van der Waals surface area (Å²) in [7, 11) is 1.61. The molecule has 1 amide bonds. The summed E-state index contributed by atoms with van der Waals surface area (Å²) in [6, 6.07) is 7.18. The number of methoxy groups -OCH3 is 1. The first kappa shape index (κ1) is 15.1. The summed E-state index contributed by atoms with van der Waals surface area (Å²) in [4.78, 5) is 16.1. The molecule has 1 unspecified atom stereocenters. The van der Waals surface area contributed by atoms with Crippen LogP contribution in [-0.2, 0) is 6.54 Å². The number of benzene rings is 1. The van der Waals surface area contributed by atoms with Gasteiger partial charge in [0.1, 0.15) is 12.0 Å². The second-order valence-corrected chi connectivity index (χ2v) is 4.62. The molecule has 0 aliphatic rings. The molecule has 1 atom stereocenters. The van der Waals surface area contributed by atoms with Crippen LogP contribution in [0.2, 0.25) is 0 Å². The minimum Gasteiger partial charge on any atom is -0.497 e. The second-order valence-electron chi connectivity index (χ2n) is 4.62. The van der Waals surface area contributed by atoms with E-state index in [2.05, 4.69) is 10.3 Å². The summed E-state index contributed by atoms with van der Waals surface area (Å²) >= 11 is 0. The molecule has 2 aromatic rings. The Morgan fingerprint density at radius 1 is 1.43 bits per heavy atom. The molecule has 3 N–H and O–H groups in total. The van der Waals surface area contributed by atoms with Gasteiger partial charge in [0.2, 0.25) is 5.89 Å². The minimum atomic E-state index is -0.288. The SMILES string of the molecule is CCC(N)c1nc(C(=O)NCc2ccc(OC)cc2)co1. The van der Waals surface area contributed by atoms with Gasteiger partial charge in [0.05, 0.1) is 13.2 Å². The smallest absolute Gasteiger partial charge is 0.273 e. The van der Waals surface area contributed by atoms with Crippen LogP contribution in [0.25, 0.3) is 0 Å². The van der Waals surface area contributed by atoms with Crippen LogP contribution in [0, 0.1) is 0 Å². The van der Waals surface area contributed by atoms with Crippen molar-refractivity contribution in [1.29, 1.82) is 0 Å². The van der Waals surface area contributed by atoms with Gasteiger partial charge >= 0.3 is 0 Å². The molecule has 21 heavy (non-hydrogen) atoms. The fourth-order valence-corrected chi connectivity index (χ4v) is 1.75. The summed E-state index contributed by atoms with van der Waals surface area (Å²) in [6.45, 7) is 2.34. The highest BCUT2D eigenvalue weighted by Crippen LogP contribution is 2.13. The van der Waals surface area contributed by atoms with Crippen molar-refractivity contribution in [3.05, 3.63) is 47.7 Å². The first-order valence-corrected chi connectivity index (χ1v) is 6.76. The average molecular weight is 289 g/mol. The van der Waals surface area contributed by atoms with Crippen LogP contribution < -0.4 is 15.8 Å². The number of hydrogen-bond acceptors (Lipinski definition) is 5. The maximum Gasteiger partial charge on any atom is 0.273 e. The highest BCUT2D eigenvalue weighted by molar-refractivity contribution is 5.91. The Labute approximate surface area is 123 Å². The van der Waals surface area contributed by atoms with Gasteiger partial charge < -0.3 is 20.2 Å². The zero-order valence-corrected chi connectivity index (χ0v) is 12.1. The highest BCUT2D eigenvalue weighted by atomic mass is 16.5. The summed E-state index contributed by atoms with van der Waals surface area (Å²) < 4.78 is 10.3. The molecule has 2 rings (SSSR count). The Balaban J connectivity index is 1.93. The number of nitrogens with one attached hydrogen (secondary N) is 1. The number of ether oxygens (including phenoxy) is 1. The maximum atomic E-state index is 12.0. The zero-order valence-electron chi connectivity index (χ0n) is 12.1. The van der Waals surface area contributed by atoms with Crippen LogP contribution in [0.1, 0.15) is 41.3 Å². The Morgan fingerprint density at radius 3 is 2.76 bits per heavy atom. The minimum absolute atomic E-state index is 0.238. The van der Waals surface area contributed by atoms with Gasteiger partial charge in [0, 0.05) is 6.54 Å². The van der Waals surface area contributed by atoms with Crippen molar-refractivity contribution < 1.29 is 13.9 Å². The topological polar surface area (TPSA) is 90.4 Å². The van der Waals surface area contributed by atoms with Crippen LogP contribution in [0.5, 0.6) is 5.75 Å². The number of oxazole rings is 1. The lowest BCUT2D eigenvalue weighted by Gasteiger charge is -2.05. The Morgan fingerprint density at radius 2 is 2.14 bits per heavy atom. The van der Waals surface area contributed by atoms with Crippen LogP contribution in [0.15, 0.2) is 34.9 Å². The van der Waals surface area contributed by atoms with Crippen molar-refractivity contribution in [3.63, 3.8) is 0 Å². The first-order valence-electron chi connectivity index (χ1n) is 6.76. The molecular weight excluding hydrogens is 270 g/mol. The van der Waals surface area contributed by atoms with Crippen LogP contribution in [0.3, 0.4) is 0 Å². The van der Waals surface area contributed by atoms with Crippen molar-refractivity contribution in [1.82, 2.24) is 10.3 Å². The van der Waals surface area contributed by atoms with Gasteiger partial charge in [0.25, 0.3) is 5.91 Å². The van der Waals surface area contributed by atoms with Gasteiger partial charge in [0.15, 0.2) is 5.69 Å². The molecule has 1 heterocycles. The van der Waals surface area contributed by atoms with Crippen molar-refractivity contribution >= 4 is 5.91 Å². The van der Waals surface area contributed by atoms with E-state index >= 15 is 0 Å². The number of aromatic nitrogens is 1. The van der Waals surface area contributed by atoms with Gasteiger partial charge in [-0.25, -0.2) is 4.98 Å². The molecule has 6 heteroatoms. The third kappa shape index (κ3) is 3.82. The van der Waals surface area contributed by atoms with E-state index in [0.717, 1.165) is 11.3 Å². The molecule has 0 saturated heterocycles. The predicted molar refractivity (Wildman–Crippen MR) is 77.9 cm³/mol. The maximum absolute atomic E-state index is 12.0. The van der Waals surface area contributed by atoms with Crippen molar-refractivity contribution in [2.24, 2.45) is 5.73 Å². The number of amides is 1. The summed E-state index contributed by atoms with van der Waals surface area (Å²) in [6.07, 6.45) is 2.03. The van der Waals surface area contributed by atoms with E-state index < -0.39 is 0 Å². The first-order chi connectivity index (χ1) is 10.1. The molecule has 1 aromatic heterocycles. The second kappa shape index (κ2) is 6.90.